The molecule has 0 amide bonds. The summed E-state index contributed by atoms with van der Waals surface area (Å²) < 4.78 is 55.1. The van der Waals surface area contributed by atoms with Gasteiger partial charge in [0.05, 0.1) is 0 Å². The second-order valence-electron chi connectivity index (χ2n) is 6.01. The van der Waals surface area contributed by atoms with Crippen molar-refractivity contribution < 1.29 is 27.4 Å². The van der Waals surface area contributed by atoms with Crippen molar-refractivity contribution in [3.05, 3.63) is 47.7 Å². The van der Waals surface area contributed by atoms with Crippen LogP contribution in [0.25, 0.3) is 5.78 Å². The molecular weight excluding hydrogens is 382 g/mol. The molecule has 28 heavy (non-hydrogen) atoms. The van der Waals surface area contributed by atoms with Crippen molar-refractivity contribution in [1.29, 1.82) is 0 Å². The Kier molecular flexibility index (Phi) is 6.73. The molecule has 2 heterocycles. The molecule has 3 aromatic rings. The van der Waals surface area contributed by atoms with Gasteiger partial charge in [-0.2, -0.15) is 14.6 Å². The Morgan fingerprint density at radius 2 is 1.93 bits per heavy atom. The summed E-state index contributed by atoms with van der Waals surface area (Å²) in [5.41, 5.74) is 1.14. The number of nitrogens with zero attached hydrogens (tertiary/aromatic N) is 4. The number of fused-ring (bicyclic) bond motifs is 1. The van der Waals surface area contributed by atoms with E-state index in [2.05, 4.69) is 25.1 Å². The number of aryl methyl sites for hydroxylation is 1. The summed E-state index contributed by atoms with van der Waals surface area (Å²) in [5.74, 6) is -0.989. The highest BCUT2D eigenvalue weighted by Crippen LogP contribution is 2.26. The number of aliphatic hydroxyl groups is 1. The molecule has 0 aliphatic carbocycles. The maximum atomic E-state index is 13.7. The first-order chi connectivity index (χ1) is 13.0. The predicted octanol–water partition coefficient (Wildman–Crippen LogP) is 3.47. The minimum absolute atomic E-state index is 0.167. The monoisotopic (exact) mass is 401 g/mol. The van der Waals surface area contributed by atoms with Crippen LogP contribution < -0.4 is 10.1 Å². The summed E-state index contributed by atoms with van der Waals surface area (Å²) in [6.45, 7) is 5.39. The van der Waals surface area contributed by atoms with Gasteiger partial charge in [0, 0.05) is 24.4 Å². The highest BCUT2D eigenvalue weighted by Gasteiger charge is 2.32. The number of aromatic nitrogens is 4. The number of hydrogen-bond donors (Lipinski definition) is 2. The summed E-state index contributed by atoms with van der Waals surface area (Å²) >= 11 is 0. The largest absolute Gasteiger partial charge is 0.573 e. The van der Waals surface area contributed by atoms with Crippen molar-refractivity contribution in [3.63, 3.8) is 0 Å². The molecular formula is C17H19F4N5O2. The maximum absolute atomic E-state index is 13.7. The zero-order chi connectivity index (χ0) is 20.9. The minimum Gasteiger partial charge on any atom is -0.403 e. The van der Waals surface area contributed by atoms with Crippen LogP contribution >= 0.6 is 0 Å². The van der Waals surface area contributed by atoms with Crippen molar-refractivity contribution in [2.24, 2.45) is 0 Å². The van der Waals surface area contributed by atoms with E-state index in [4.69, 9.17) is 5.11 Å². The van der Waals surface area contributed by atoms with Crippen molar-refractivity contribution in [3.8, 4) is 5.75 Å². The van der Waals surface area contributed by atoms with E-state index in [1.54, 1.807) is 26.8 Å². The van der Waals surface area contributed by atoms with Crippen molar-refractivity contribution in [2.45, 2.75) is 39.8 Å². The zero-order valence-electron chi connectivity index (χ0n) is 15.3. The Morgan fingerprint density at radius 1 is 1.25 bits per heavy atom. The molecule has 3 rings (SSSR count). The van der Waals surface area contributed by atoms with Gasteiger partial charge in [-0.1, -0.05) is 6.07 Å². The first-order valence-electron chi connectivity index (χ1n) is 8.18. The Balaban J connectivity index is 0.000000640. The maximum Gasteiger partial charge on any atom is 0.573 e. The van der Waals surface area contributed by atoms with Gasteiger partial charge in [0.25, 0.3) is 5.78 Å². The van der Waals surface area contributed by atoms with E-state index in [1.165, 1.54) is 16.9 Å². The lowest BCUT2D eigenvalue weighted by Gasteiger charge is -2.12. The number of rotatable bonds is 4. The Morgan fingerprint density at radius 3 is 2.54 bits per heavy atom. The normalized spacial score (nSPS) is 11.3. The summed E-state index contributed by atoms with van der Waals surface area (Å²) in [4.78, 5) is 8.15. The average molecular weight is 401 g/mol. The van der Waals surface area contributed by atoms with Crippen LogP contribution in [0.4, 0.5) is 23.4 Å². The molecule has 1 aromatic carbocycles. The third-order valence-electron chi connectivity index (χ3n) is 3.08. The average Bonchev–Trinajstić information content (AvgIpc) is 3.01. The van der Waals surface area contributed by atoms with E-state index in [1.807, 2.05) is 0 Å². The molecule has 0 atom stereocenters. The van der Waals surface area contributed by atoms with Crippen LogP contribution in [-0.2, 0) is 6.54 Å². The van der Waals surface area contributed by atoms with Crippen LogP contribution in [-0.4, -0.2) is 37.2 Å². The molecule has 2 N–H and O–H groups in total. The van der Waals surface area contributed by atoms with Crippen LogP contribution in [0, 0.1) is 12.7 Å². The lowest BCUT2D eigenvalue weighted by atomic mass is 10.2. The standard InChI is InChI=1S/C14H11F4N5O.C3H8O/c1-8-4-12(23-13(22-8)20-7-21-23)19-6-9-2-3-11(10(15)5-9)24-14(16,17)18;1-3(2)4/h2-5,7,19H,6H2,1H3;3-4H,1-2H3. The SMILES string of the molecule is CC(C)O.Cc1cc(NCc2ccc(OC(F)(F)F)c(F)c2)n2ncnc2n1. The Hall–Kier alpha value is -2.95. The Bertz CT molecular complexity index is 925. The van der Waals surface area contributed by atoms with Gasteiger partial charge >= 0.3 is 6.36 Å². The van der Waals surface area contributed by atoms with Gasteiger partial charge in [-0.25, -0.2) is 9.37 Å². The second-order valence-corrected chi connectivity index (χ2v) is 6.01. The quantitative estimate of drug-likeness (QED) is 0.652. The molecule has 0 spiro atoms. The fraction of sp³-hybridized carbons (Fsp3) is 0.353. The van der Waals surface area contributed by atoms with Crippen molar-refractivity contribution in [2.75, 3.05) is 5.32 Å². The fourth-order valence-corrected chi connectivity index (χ4v) is 2.11. The molecule has 0 unspecified atom stereocenters. The molecule has 7 nitrogen and oxygen atoms in total. The first kappa shape index (κ1) is 21.4. The van der Waals surface area contributed by atoms with E-state index in [0.717, 1.165) is 12.1 Å². The number of alkyl halides is 3. The number of nitrogens with one attached hydrogen (secondary N) is 1. The number of ether oxygens (including phenoxy) is 1. The lowest BCUT2D eigenvalue weighted by Crippen LogP contribution is -2.18. The zero-order valence-corrected chi connectivity index (χ0v) is 15.3. The topological polar surface area (TPSA) is 84.6 Å². The van der Waals surface area contributed by atoms with Crippen LogP contribution in [0.1, 0.15) is 25.1 Å². The summed E-state index contributed by atoms with van der Waals surface area (Å²) in [5, 5.41) is 15.1. The molecule has 0 saturated heterocycles. The van der Waals surface area contributed by atoms with Crippen LogP contribution in [0.2, 0.25) is 0 Å². The van der Waals surface area contributed by atoms with E-state index < -0.39 is 17.9 Å². The minimum atomic E-state index is -4.94. The smallest absolute Gasteiger partial charge is 0.403 e. The molecule has 11 heteroatoms. The number of anilines is 1. The molecule has 0 radical (unpaired) electrons. The van der Waals surface area contributed by atoms with Gasteiger partial charge < -0.3 is 15.2 Å². The summed E-state index contributed by atoms with van der Waals surface area (Å²) in [6, 6.07) is 4.96. The molecule has 0 aliphatic heterocycles. The van der Waals surface area contributed by atoms with Gasteiger partial charge in [-0.05, 0) is 38.5 Å². The van der Waals surface area contributed by atoms with Crippen molar-refractivity contribution in [1.82, 2.24) is 19.6 Å². The molecule has 152 valence electrons. The molecule has 2 aromatic heterocycles. The van der Waals surface area contributed by atoms with E-state index in [0.29, 0.717) is 22.9 Å². The molecule has 0 saturated carbocycles. The molecule has 0 fully saturated rings. The van der Waals surface area contributed by atoms with Crippen LogP contribution in [0.3, 0.4) is 0 Å². The molecule has 0 aliphatic rings. The number of benzene rings is 1. The Labute approximate surface area is 158 Å². The number of halogens is 4. The fourth-order valence-electron chi connectivity index (χ4n) is 2.11. The lowest BCUT2D eigenvalue weighted by molar-refractivity contribution is -0.275. The van der Waals surface area contributed by atoms with E-state index in [9.17, 15) is 17.6 Å². The van der Waals surface area contributed by atoms with Crippen LogP contribution in [0.15, 0.2) is 30.6 Å². The van der Waals surface area contributed by atoms with Gasteiger partial charge in [-0.15, -0.1) is 13.2 Å². The van der Waals surface area contributed by atoms with E-state index in [-0.39, 0.29) is 12.6 Å². The highest BCUT2D eigenvalue weighted by atomic mass is 19.4. The molecule has 0 bridgehead atoms. The predicted molar refractivity (Wildman–Crippen MR) is 93.3 cm³/mol. The van der Waals surface area contributed by atoms with Crippen molar-refractivity contribution >= 4 is 11.6 Å². The van der Waals surface area contributed by atoms with E-state index >= 15 is 0 Å². The van der Waals surface area contributed by atoms with Gasteiger partial charge in [-0.3, -0.25) is 0 Å². The summed E-state index contributed by atoms with van der Waals surface area (Å²) in [6.07, 6.45) is -3.76. The van der Waals surface area contributed by atoms with Crippen LogP contribution in [0.5, 0.6) is 5.75 Å². The van der Waals surface area contributed by atoms with Gasteiger partial charge in [0.15, 0.2) is 11.6 Å². The highest BCUT2D eigenvalue weighted by molar-refractivity contribution is 5.45. The number of aliphatic hydroxyl groups excluding tert-OH is 1. The van der Waals surface area contributed by atoms with Gasteiger partial charge in [0.2, 0.25) is 0 Å². The second kappa shape index (κ2) is 8.83. The third-order valence-corrected chi connectivity index (χ3v) is 3.08. The summed E-state index contributed by atoms with van der Waals surface area (Å²) in [7, 11) is 0. The third kappa shape index (κ3) is 6.34. The first-order valence-corrected chi connectivity index (χ1v) is 8.18. The number of hydrogen-bond acceptors (Lipinski definition) is 6. The van der Waals surface area contributed by atoms with Gasteiger partial charge in [0.1, 0.15) is 12.1 Å².